The van der Waals surface area contributed by atoms with E-state index in [-0.39, 0.29) is 5.41 Å². The summed E-state index contributed by atoms with van der Waals surface area (Å²) < 4.78 is 36.7. The van der Waals surface area contributed by atoms with Gasteiger partial charge in [-0.2, -0.15) is 0 Å². The Morgan fingerprint density at radius 3 is 2.31 bits per heavy atom. The van der Waals surface area contributed by atoms with Crippen LogP contribution in [0.15, 0.2) is 51.8 Å². The third-order valence-corrected chi connectivity index (χ3v) is 9.86. The average molecular weight is 490 g/mol. The molecule has 0 bridgehead atoms. The van der Waals surface area contributed by atoms with E-state index in [1.54, 1.807) is 0 Å². The summed E-state index contributed by atoms with van der Waals surface area (Å²) in [6.45, 7) is 12.7. The highest BCUT2D eigenvalue weighted by atomic mass is 32.2. The first-order chi connectivity index (χ1) is 16.5. The maximum absolute atomic E-state index is 13.6. The number of aryl methyl sites for hydroxylation is 4. The van der Waals surface area contributed by atoms with Gasteiger partial charge in [0.05, 0.1) is 10.6 Å². The van der Waals surface area contributed by atoms with Crippen molar-refractivity contribution in [2.45, 2.75) is 72.1 Å². The molecule has 1 atom stereocenters. The SMILES string of the molecule is CCC(C)(C)[C@@H]1CCc2oc3c(cc(NS(=O)(=O)c4c(C)cc(C)cc4C)c4ccccc43)c2C1. The van der Waals surface area contributed by atoms with Crippen molar-refractivity contribution in [2.24, 2.45) is 11.3 Å². The summed E-state index contributed by atoms with van der Waals surface area (Å²) in [6.07, 6.45) is 4.14. The molecule has 0 saturated heterocycles. The quantitative estimate of drug-likeness (QED) is 0.310. The summed E-state index contributed by atoms with van der Waals surface area (Å²) in [6, 6.07) is 13.8. The highest BCUT2D eigenvalue weighted by Crippen LogP contribution is 2.45. The minimum Gasteiger partial charge on any atom is -0.460 e. The Balaban J connectivity index is 1.67. The second-order valence-corrected chi connectivity index (χ2v) is 12.6. The van der Waals surface area contributed by atoms with Crippen molar-refractivity contribution >= 4 is 37.5 Å². The van der Waals surface area contributed by atoms with Crippen LogP contribution in [0, 0.1) is 32.1 Å². The molecular formula is C30H35NO3S. The number of hydrogen-bond donors (Lipinski definition) is 1. The Bertz CT molecular complexity index is 1540. The summed E-state index contributed by atoms with van der Waals surface area (Å²) in [5.41, 5.74) is 5.53. The van der Waals surface area contributed by atoms with Crippen LogP contribution < -0.4 is 4.72 Å². The fourth-order valence-corrected chi connectivity index (χ4v) is 7.45. The molecular weight excluding hydrogens is 454 g/mol. The molecule has 0 spiro atoms. The van der Waals surface area contributed by atoms with E-state index in [2.05, 4.69) is 25.5 Å². The van der Waals surface area contributed by atoms with Crippen LogP contribution in [-0.4, -0.2) is 8.42 Å². The third-order valence-electron chi connectivity index (χ3n) is 8.19. The molecule has 0 unspecified atom stereocenters. The topological polar surface area (TPSA) is 59.3 Å². The lowest BCUT2D eigenvalue weighted by atomic mass is 9.69. The molecule has 184 valence electrons. The standard InChI is InChI=1S/C30H35NO3S/c1-7-30(5,6)21-12-13-27-24(16-21)25-17-26(22-10-8-9-11-23(22)28(25)34-27)31-35(32,33)29-19(3)14-18(2)15-20(29)4/h8-11,14-15,17,21,31H,7,12-13,16H2,1-6H3/t21-/m1/s1. The van der Waals surface area contributed by atoms with Crippen molar-refractivity contribution in [1.29, 1.82) is 0 Å². The molecule has 4 aromatic rings. The highest BCUT2D eigenvalue weighted by molar-refractivity contribution is 7.92. The van der Waals surface area contributed by atoms with E-state index in [0.717, 1.165) is 69.9 Å². The fourth-order valence-electron chi connectivity index (χ4n) is 5.92. The Morgan fingerprint density at radius 2 is 1.66 bits per heavy atom. The van der Waals surface area contributed by atoms with Crippen LogP contribution in [-0.2, 0) is 22.9 Å². The van der Waals surface area contributed by atoms with Gasteiger partial charge in [0.1, 0.15) is 11.3 Å². The van der Waals surface area contributed by atoms with Crippen LogP contribution in [0.3, 0.4) is 0 Å². The summed E-state index contributed by atoms with van der Waals surface area (Å²) in [5.74, 6) is 1.63. The molecule has 0 radical (unpaired) electrons. The van der Waals surface area contributed by atoms with Gasteiger partial charge in [-0.15, -0.1) is 0 Å². The lowest BCUT2D eigenvalue weighted by molar-refractivity contribution is 0.179. The average Bonchev–Trinajstić information content (AvgIpc) is 3.16. The van der Waals surface area contributed by atoms with Gasteiger partial charge in [-0.3, -0.25) is 4.72 Å². The van der Waals surface area contributed by atoms with E-state index in [4.69, 9.17) is 4.42 Å². The first-order valence-electron chi connectivity index (χ1n) is 12.6. The highest BCUT2D eigenvalue weighted by Gasteiger charge is 2.34. The van der Waals surface area contributed by atoms with Gasteiger partial charge in [0.2, 0.25) is 0 Å². The van der Waals surface area contributed by atoms with E-state index in [0.29, 0.717) is 16.5 Å². The number of anilines is 1. The molecule has 0 saturated carbocycles. The lowest BCUT2D eigenvalue weighted by Gasteiger charge is -2.36. The maximum atomic E-state index is 13.6. The molecule has 5 heteroatoms. The van der Waals surface area contributed by atoms with Crippen molar-refractivity contribution in [3.8, 4) is 0 Å². The zero-order valence-electron chi connectivity index (χ0n) is 21.6. The predicted octanol–water partition coefficient (Wildman–Crippen LogP) is 7.85. The van der Waals surface area contributed by atoms with Gasteiger partial charge < -0.3 is 4.42 Å². The van der Waals surface area contributed by atoms with Crippen molar-refractivity contribution in [2.75, 3.05) is 4.72 Å². The zero-order valence-corrected chi connectivity index (χ0v) is 22.4. The Hall–Kier alpha value is -2.79. The Kier molecular flexibility index (Phi) is 5.75. The Labute approximate surface area is 208 Å². The van der Waals surface area contributed by atoms with Crippen LogP contribution in [0.5, 0.6) is 0 Å². The predicted molar refractivity (Wildman–Crippen MR) is 145 cm³/mol. The molecule has 1 aliphatic rings. The molecule has 0 fully saturated rings. The zero-order chi connectivity index (χ0) is 25.1. The fraction of sp³-hybridized carbons (Fsp3) is 0.400. The number of sulfonamides is 1. The van der Waals surface area contributed by atoms with Crippen LogP contribution in [0.2, 0.25) is 0 Å². The smallest absolute Gasteiger partial charge is 0.262 e. The molecule has 1 aliphatic carbocycles. The minimum absolute atomic E-state index is 0.253. The normalized spacial score (nSPS) is 16.6. The van der Waals surface area contributed by atoms with Gasteiger partial charge in [0.15, 0.2) is 0 Å². The summed E-state index contributed by atoms with van der Waals surface area (Å²) in [7, 11) is -3.77. The van der Waals surface area contributed by atoms with Crippen molar-refractivity contribution < 1.29 is 12.8 Å². The summed E-state index contributed by atoms with van der Waals surface area (Å²) in [5, 5.41) is 2.83. The molecule has 5 rings (SSSR count). The molecule has 0 amide bonds. The van der Waals surface area contributed by atoms with Crippen molar-refractivity contribution in [3.05, 3.63) is 70.5 Å². The molecule has 0 aliphatic heterocycles. The van der Waals surface area contributed by atoms with Gasteiger partial charge in [-0.1, -0.05) is 69.2 Å². The number of fused-ring (bicyclic) bond motifs is 5. The summed E-state index contributed by atoms with van der Waals surface area (Å²) in [4.78, 5) is 0.353. The first kappa shape index (κ1) is 23.9. The van der Waals surface area contributed by atoms with Gasteiger partial charge in [-0.05, 0) is 62.1 Å². The lowest BCUT2D eigenvalue weighted by Crippen LogP contribution is -2.28. The number of rotatable bonds is 5. The van der Waals surface area contributed by atoms with Crippen LogP contribution >= 0.6 is 0 Å². The van der Waals surface area contributed by atoms with Gasteiger partial charge >= 0.3 is 0 Å². The number of nitrogens with one attached hydrogen (secondary N) is 1. The van der Waals surface area contributed by atoms with E-state index >= 15 is 0 Å². The van der Waals surface area contributed by atoms with Gasteiger partial charge in [-0.25, -0.2) is 8.42 Å². The first-order valence-corrected chi connectivity index (χ1v) is 14.1. The van der Waals surface area contributed by atoms with Gasteiger partial charge in [0.25, 0.3) is 10.0 Å². The largest absolute Gasteiger partial charge is 0.460 e. The van der Waals surface area contributed by atoms with Crippen LogP contribution in [0.4, 0.5) is 5.69 Å². The van der Waals surface area contributed by atoms with E-state index in [1.165, 1.54) is 5.56 Å². The third kappa shape index (κ3) is 4.04. The second-order valence-electron chi connectivity index (χ2n) is 11.0. The molecule has 3 aromatic carbocycles. The summed E-state index contributed by atoms with van der Waals surface area (Å²) >= 11 is 0. The number of furan rings is 1. The maximum Gasteiger partial charge on any atom is 0.262 e. The number of hydrogen-bond acceptors (Lipinski definition) is 3. The number of benzene rings is 3. The van der Waals surface area contributed by atoms with Crippen LogP contribution in [0.1, 0.15) is 61.6 Å². The van der Waals surface area contributed by atoms with Crippen molar-refractivity contribution in [1.82, 2.24) is 0 Å². The van der Waals surface area contributed by atoms with E-state index in [1.807, 2.05) is 63.2 Å². The van der Waals surface area contributed by atoms with Crippen molar-refractivity contribution in [3.63, 3.8) is 0 Å². The second kappa shape index (κ2) is 8.41. The Morgan fingerprint density at radius 1 is 1.00 bits per heavy atom. The minimum atomic E-state index is -3.77. The van der Waals surface area contributed by atoms with Gasteiger partial charge in [0, 0.05) is 28.1 Å². The molecule has 4 nitrogen and oxygen atoms in total. The molecule has 35 heavy (non-hydrogen) atoms. The molecule has 1 aromatic heterocycles. The monoisotopic (exact) mass is 489 g/mol. The van der Waals surface area contributed by atoms with E-state index < -0.39 is 10.0 Å². The van der Waals surface area contributed by atoms with E-state index in [9.17, 15) is 8.42 Å². The molecule has 1 N–H and O–H groups in total. The molecule has 1 heterocycles. The van der Waals surface area contributed by atoms with Crippen LogP contribution in [0.25, 0.3) is 21.7 Å².